The van der Waals surface area contributed by atoms with Crippen LogP contribution < -0.4 is 5.32 Å². The predicted octanol–water partition coefficient (Wildman–Crippen LogP) is 4.58. The zero-order chi connectivity index (χ0) is 14.4. The molecule has 0 radical (unpaired) electrons. The van der Waals surface area contributed by atoms with Gasteiger partial charge in [0.1, 0.15) is 5.82 Å². The van der Waals surface area contributed by atoms with E-state index in [0.29, 0.717) is 0 Å². The molecular weight excluding hydrogens is 269 g/mol. The summed E-state index contributed by atoms with van der Waals surface area (Å²) in [4.78, 5) is 0.973. The Balaban J connectivity index is 2.06. The molecule has 1 unspecified atom stereocenters. The number of thioether (sulfide) groups is 1. The lowest BCUT2D eigenvalue weighted by Gasteiger charge is -2.18. The largest absolute Gasteiger partial charge is 0.309 e. The van der Waals surface area contributed by atoms with Crippen molar-refractivity contribution >= 4 is 11.8 Å². The first-order chi connectivity index (χ1) is 9.69. The second-order valence-corrected chi connectivity index (χ2v) is 5.89. The molecule has 0 spiro atoms. The van der Waals surface area contributed by atoms with Gasteiger partial charge in [0.25, 0.3) is 0 Å². The Kier molecular flexibility index (Phi) is 5.62. The van der Waals surface area contributed by atoms with Crippen molar-refractivity contribution in [3.05, 3.63) is 65.5 Å². The molecule has 1 nitrogen and oxygen atoms in total. The molecule has 2 aromatic carbocycles. The topological polar surface area (TPSA) is 12.0 Å². The third kappa shape index (κ3) is 4.36. The molecule has 0 saturated carbocycles. The fraction of sp³-hybridized carbons (Fsp3) is 0.294. The molecule has 0 aromatic heterocycles. The molecule has 2 aromatic rings. The van der Waals surface area contributed by atoms with Gasteiger partial charge in [0.05, 0.1) is 0 Å². The third-order valence-electron chi connectivity index (χ3n) is 3.11. The fourth-order valence-corrected chi connectivity index (χ4v) is 3.18. The van der Waals surface area contributed by atoms with Gasteiger partial charge in [0, 0.05) is 16.7 Å². The van der Waals surface area contributed by atoms with E-state index in [-0.39, 0.29) is 11.9 Å². The van der Waals surface area contributed by atoms with E-state index < -0.39 is 0 Å². The van der Waals surface area contributed by atoms with Crippen LogP contribution in [0.2, 0.25) is 0 Å². The molecule has 2 rings (SSSR count). The monoisotopic (exact) mass is 289 g/mol. The average Bonchev–Trinajstić information content (AvgIpc) is 2.43. The molecule has 106 valence electrons. The van der Waals surface area contributed by atoms with Crippen molar-refractivity contribution in [3.63, 3.8) is 0 Å². The van der Waals surface area contributed by atoms with E-state index in [2.05, 4.69) is 43.4 Å². The van der Waals surface area contributed by atoms with Crippen LogP contribution in [0.25, 0.3) is 0 Å². The summed E-state index contributed by atoms with van der Waals surface area (Å²) in [5.74, 6) is 0.714. The number of hydrogen-bond donors (Lipinski definition) is 1. The summed E-state index contributed by atoms with van der Waals surface area (Å²) in [6, 6.07) is 15.6. The SMILES string of the molecule is CCNC(CSc1cccc(F)c1)c1cccc(C)c1. The van der Waals surface area contributed by atoms with Crippen LogP contribution in [0.3, 0.4) is 0 Å². The maximum atomic E-state index is 13.2. The molecule has 0 aliphatic heterocycles. The lowest BCUT2D eigenvalue weighted by molar-refractivity contribution is 0.605. The van der Waals surface area contributed by atoms with E-state index in [1.165, 1.54) is 17.2 Å². The first-order valence-electron chi connectivity index (χ1n) is 6.87. The summed E-state index contributed by atoms with van der Waals surface area (Å²) in [6.45, 7) is 5.13. The van der Waals surface area contributed by atoms with Gasteiger partial charge >= 0.3 is 0 Å². The number of hydrogen-bond acceptors (Lipinski definition) is 2. The summed E-state index contributed by atoms with van der Waals surface area (Å²) in [5, 5.41) is 3.50. The second-order valence-electron chi connectivity index (χ2n) is 4.79. The fourth-order valence-electron chi connectivity index (χ4n) is 2.14. The van der Waals surface area contributed by atoms with Gasteiger partial charge in [-0.1, -0.05) is 42.8 Å². The van der Waals surface area contributed by atoms with Gasteiger partial charge in [-0.2, -0.15) is 0 Å². The molecule has 1 atom stereocenters. The van der Waals surface area contributed by atoms with Crippen LogP contribution >= 0.6 is 11.8 Å². The Morgan fingerprint density at radius 1 is 1.15 bits per heavy atom. The minimum atomic E-state index is -0.175. The standard InChI is InChI=1S/C17H20FNS/c1-3-19-17(14-7-4-6-13(2)10-14)12-20-16-9-5-8-15(18)11-16/h4-11,17,19H,3,12H2,1-2H3. The van der Waals surface area contributed by atoms with Crippen molar-refractivity contribution in [2.24, 2.45) is 0 Å². The molecule has 20 heavy (non-hydrogen) atoms. The highest BCUT2D eigenvalue weighted by atomic mass is 32.2. The zero-order valence-corrected chi connectivity index (χ0v) is 12.7. The predicted molar refractivity (Wildman–Crippen MR) is 84.7 cm³/mol. The quantitative estimate of drug-likeness (QED) is 0.781. The van der Waals surface area contributed by atoms with Gasteiger partial charge in [-0.3, -0.25) is 0 Å². The Labute approximate surface area is 124 Å². The first kappa shape index (κ1) is 15.1. The van der Waals surface area contributed by atoms with Crippen LogP contribution in [0, 0.1) is 12.7 Å². The number of aryl methyl sites for hydroxylation is 1. The van der Waals surface area contributed by atoms with E-state index >= 15 is 0 Å². The summed E-state index contributed by atoms with van der Waals surface area (Å²) in [6.07, 6.45) is 0. The van der Waals surface area contributed by atoms with Gasteiger partial charge in [0.15, 0.2) is 0 Å². The van der Waals surface area contributed by atoms with Gasteiger partial charge in [0.2, 0.25) is 0 Å². The van der Waals surface area contributed by atoms with Crippen LogP contribution in [0.4, 0.5) is 4.39 Å². The Bertz CT molecular complexity index is 556. The highest BCUT2D eigenvalue weighted by Gasteiger charge is 2.11. The van der Waals surface area contributed by atoms with Crippen LogP contribution in [-0.4, -0.2) is 12.3 Å². The van der Waals surface area contributed by atoms with Crippen LogP contribution in [0.1, 0.15) is 24.1 Å². The molecular formula is C17H20FNS. The molecule has 0 bridgehead atoms. The number of rotatable bonds is 6. The Morgan fingerprint density at radius 2 is 1.95 bits per heavy atom. The Hall–Kier alpha value is -1.32. The number of halogens is 1. The molecule has 0 fully saturated rings. The van der Waals surface area contributed by atoms with Crippen molar-refractivity contribution in [1.29, 1.82) is 0 Å². The van der Waals surface area contributed by atoms with Gasteiger partial charge < -0.3 is 5.32 Å². The highest BCUT2D eigenvalue weighted by Crippen LogP contribution is 2.25. The number of nitrogens with one attached hydrogen (secondary N) is 1. The Morgan fingerprint density at radius 3 is 2.65 bits per heavy atom. The van der Waals surface area contributed by atoms with Gasteiger partial charge in [-0.15, -0.1) is 11.8 Å². The maximum absolute atomic E-state index is 13.2. The molecule has 0 aliphatic rings. The smallest absolute Gasteiger partial charge is 0.124 e. The summed E-state index contributed by atoms with van der Waals surface area (Å²) in [7, 11) is 0. The molecule has 0 saturated heterocycles. The van der Waals surface area contributed by atoms with Gasteiger partial charge in [-0.25, -0.2) is 4.39 Å². The normalized spacial score (nSPS) is 12.3. The summed E-state index contributed by atoms with van der Waals surface area (Å²) >= 11 is 1.68. The van der Waals surface area contributed by atoms with Crippen LogP contribution in [0.15, 0.2) is 53.4 Å². The van der Waals surface area contributed by atoms with Crippen molar-refractivity contribution in [3.8, 4) is 0 Å². The molecule has 0 amide bonds. The van der Waals surface area contributed by atoms with Gasteiger partial charge in [-0.05, 0) is 37.2 Å². The van der Waals surface area contributed by atoms with E-state index in [1.807, 2.05) is 6.07 Å². The van der Waals surface area contributed by atoms with Crippen molar-refractivity contribution in [1.82, 2.24) is 5.32 Å². The minimum absolute atomic E-state index is 0.175. The lowest BCUT2D eigenvalue weighted by Crippen LogP contribution is -2.23. The second kappa shape index (κ2) is 7.46. The third-order valence-corrected chi connectivity index (χ3v) is 4.20. The lowest BCUT2D eigenvalue weighted by atomic mass is 10.1. The van der Waals surface area contributed by atoms with E-state index in [0.717, 1.165) is 17.2 Å². The van der Waals surface area contributed by atoms with Crippen molar-refractivity contribution in [2.75, 3.05) is 12.3 Å². The van der Waals surface area contributed by atoms with Crippen molar-refractivity contribution < 1.29 is 4.39 Å². The molecule has 0 aliphatic carbocycles. The van der Waals surface area contributed by atoms with Crippen LogP contribution in [0.5, 0.6) is 0 Å². The van der Waals surface area contributed by atoms with E-state index in [4.69, 9.17) is 0 Å². The van der Waals surface area contributed by atoms with Crippen LogP contribution in [-0.2, 0) is 0 Å². The first-order valence-corrected chi connectivity index (χ1v) is 7.86. The summed E-state index contributed by atoms with van der Waals surface area (Å²) in [5.41, 5.74) is 2.55. The summed E-state index contributed by atoms with van der Waals surface area (Å²) < 4.78 is 13.2. The molecule has 1 N–H and O–H groups in total. The molecule has 0 heterocycles. The number of benzene rings is 2. The minimum Gasteiger partial charge on any atom is -0.309 e. The van der Waals surface area contributed by atoms with E-state index in [9.17, 15) is 4.39 Å². The average molecular weight is 289 g/mol. The molecule has 3 heteroatoms. The zero-order valence-electron chi connectivity index (χ0n) is 11.9. The highest BCUT2D eigenvalue weighted by molar-refractivity contribution is 7.99. The maximum Gasteiger partial charge on any atom is 0.124 e. The van der Waals surface area contributed by atoms with E-state index in [1.54, 1.807) is 23.9 Å². The van der Waals surface area contributed by atoms with Crippen molar-refractivity contribution in [2.45, 2.75) is 24.8 Å².